The van der Waals surface area contributed by atoms with Crippen molar-refractivity contribution >= 4 is 18.2 Å². The van der Waals surface area contributed by atoms with E-state index in [1.54, 1.807) is 6.20 Å². The predicted molar refractivity (Wildman–Crippen MR) is 47.6 cm³/mol. The van der Waals surface area contributed by atoms with Gasteiger partial charge in [-0.1, -0.05) is 0 Å². The van der Waals surface area contributed by atoms with Crippen LogP contribution in [0.1, 0.15) is 5.56 Å². The van der Waals surface area contributed by atoms with Gasteiger partial charge in [0.15, 0.2) is 0 Å². The van der Waals surface area contributed by atoms with Crippen LogP contribution in [-0.4, -0.2) is 27.3 Å². The molecule has 0 saturated heterocycles. The lowest BCUT2D eigenvalue weighted by atomic mass is 10.3. The lowest BCUT2D eigenvalue weighted by Gasteiger charge is -1.93. The fourth-order valence-corrected chi connectivity index (χ4v) is 0.727. The van der Waals surface area contributed by atoms with E-state index in [1.165, 1.54) is 10.9 Å². The van der Waals surface area contributed by atoms with Crippen molar-refractivity contribution in [3.05, 3.63) is 18.0 Å². The highest BCUT2D eigenvalue weighted by atomic mass is 35.5. The average Bonchev–Trinajstić information content (AvgIpc) is 2.37. The molecule has 1 rings (SSSR count). The SMILES string of the molecule is Cl.N=C(N)c1cnn(CCO)c1. The highest BCUT2D eigenvalue weighted by molar-refractivity contribution is 5.94. The fraction of sp³-hybridized carbons (Fsp3) is 0.333. The molecule has 0 atom stereocenters. The molecular weight excluding hydrogens is 180 g/mol. The summed E-state index contributed by atoms with van der Waals surface area (Å²) in [5.41, 5.74) is 5.77. The van der Waals surface area contributed by atoms with E-state index in [4.69, 9.17) is 16.2 Å². The van der Waals surface area contributed by atoms with Crippen LogP contribution in [0.3, 0.4) is 0 Å². The first-order valence-electron chi connectivity index (χ1n) is 3.21. The number of rotatable bonds is 3. The molecule has 4 N–H and O–H groups in total. The first-order chi connectivity index (χ1) is 5.24. The van der Waals surface area contributed by atoms with Gasteiger partial charge < -0.3 is 10.8 Å². The summed E-state index contributed by atoms with van der Waals surface area (Å²) in [5, 5.41) is 19.4. The number of nitrogen functional groups attached to an aromatic ring is 1. The van der Waals surface area contributed by atoms with Crippen molar-refractivity contribution in [3.63, 3.8) is 0 Å². The Labute approximate surface area is 76.1 Å². The summed E-state index contributed by atoms with van der Waals surface area (Å²) in [7, 11) is 0. The van der Waals surface area contributed by atoms with E-state index in [1.807, 2.05) is 0 Å². The zero-order valence-electron chi connectivity index (χ0n) is 6.40. The Hall–Kier alpha value is -1.07. The molecule has 0 spiro atoms. The molecular formula is C6H11ClN4O. The van der Waals surface area contributed by atoms with Crippen molar-refractivity contribution in [2.24, 2.45) is 5.73 Å². The second-order valence-corrected chi connectivity index (χ2v) is 2.13. The third-order valence-corrected chi connectivity index (χ3v) is 1.27. The fourth-order valence-electron chi connectivity index (χ4n) is 0.727. The van der Waals surface area contributed by atoms with Crippen molar-refractivity contribution < 1.29 is 5.11 Å². The van der Waals surface area contributed by atoms with Gasteiger partial charge in [0, 0.05) is 6.20 Å². The quantitative estimate of drug-likeness (QED) is 0.447. The number of aliphatic hydroxyl groups excluding tert-OH is 1. The highest BCUT2D eigenvalue weighted by Gasteiger charge is 1.98. The minimum absolute atomic E-state index is 0. The normalized spacial score (nSPS) is 9.08. The van der Waals surface area contributed by atoms with E-state index >= 15 is 0 Å². The number of nitrogens with two attached hydrogens (primary N) is 1. The zero-order chi connectivity index (χ0) is 8.27. The first kappa shape index (κ1) is 10.9. The molecule has 0 unspecified atom stereocenters. The van der Waals surface area contributed by atoms with Gasteiger partial charge in [-0.25, -0.2) is 0 Å². The van der Waals surface area contributed by atoms with Crippen molar-refractivity contribution in [1.29, 1.82) is 5.41 Å². The number of hydrogen-bond donors (Lipinski definition) is 3. The Balaban J connectivity index is 0.00000121. The molecule has 0 saturated carbocycles. The summed E-state index contributed by atoms with van der Waals surface area (Å²) in [6, 6.07) is 0. The van der Waals surface area contributed by atoms with Crippen LogP contribution in [0.5, 0.6) is 0 Å². The molecule has 12 heavy (non-hydrogen) atoms. The Bertz CT molecular complexity index is 260. The van der Waals surface area contributed by atoms with Crippen LogP contribution in [0.2, 0.25) is 0 Å². The molecule has 1 aromatic heterocycles. The first-order valence-corrected chi connectivity index (χ1v) is 3.21. The summed E-state index contributed by atoms with van der Waals surface area (Å²) < 4.78 is 1.54. The van der Waals surface area contributed by atoms with Crippen molar-refractivity contribution in [1.82, 2.24) is 9.78 Å². The van der Waals surface area contributed by atoms with Crippen LogP contribution < -0.4 is 5.73 Å². The minimum Gasteiger partial charge on any atom is -0.394 e. The van der Waals surface area contributed by atoms with Crippen LogP contribution in [0.15, 0.2) is 12.4 Å². The molecule has 0 aliphatic rings. The lowest BCUT2D eigenvalue weighted by Crippen LogP contribution is -2.10. The molecule has 0 amide bonds. The third kappa shape index (κ3) is 2.52. The van der Waals surface area contributed by atoms with Gasteiger partial charge >= 0.3 is 0 Å². The lowest BCUT2D eigenvalue weighted by molar-refractivity contribution is 0.269. The Kier molecular flexibility index (Phi) is 4.31. The second kappa shape index (κ2) is 4.74. The van der Waals surface area contributed by atoms with E-state index in [-0.39, 0.29) is 24.8 Å². The molecule has 68 valence electrons. The Morgan fingerprint density at radius 3 is 2.83 bits per heavy atom. The van der Waals surface area contributed by atoms with E-state index < -0.39 is 0 Å². The number of aliphatic hydroxyl groups is 1. The number of nitrogens with zero attached hydrogens (tertiary/aromatic N) is 2. The van der Waals surface area contributed by atoms with Crippen LogP contribution in [0, 0.1) is 5.41 Å². The summed E-state index contributed by atoms with van der Waals surface area (Å²) in [6.07, 6.45) is 3.12. The van der Waals surface area contributed by atoms with Gasteiger partial charge in [0.25, 0.3) is 0 Å². The number of nitrogens with one attached hydrogen (secondary N) is 1. The number of halogens is 1. The molecule has 0 aromatic carbocycles. The van der Waals surface area contributed by atoms with E-state index in [2.05, 4.69) is 5.10 Å². The maximum atomic E-state index is 8.52. The van der Waals surface area contributed by atoms with E-state index in [0.717, 1.165) is 0 Å². The summed E-state index contributed by atoms with van der Waals surface area (Å²) in [6.45, 7) is 0.478. The second-order valence-electron chi connectivity index (χ2n) is 2.13. The zero-order valence-corrected chi connectivity index (χ0v) is 7.21. The Morgan fingerprint density at radius 2 is 2.42 bits per heavy atom. The molecule has 6 heteroatoms. The van der Waals surface area contributed by atoms with Crippen molar-refractivity contribution in [3.8, 4) is 0 Å². The van der Waals surface area contributed by atoms with Crippen LogP contribution in [0.4, 0.5) is 0 Å². The molecule has 5 nitrogen and oxygen atoms in total. The summed E-state index contributed by atoms with van der Waals surface area (Å²) >= 11 is 0. The smallest absolute Gasteiger partial charge is 0.125 e. The van der Waals surface area contributed by atoms with Gasteiger partial charge in [0.2, 0.25) is 0 Å². The van der Waals surface area contributed by atoms with Crippen LogP contribution >= 0.6 is 12.4 Å². The highest BCUT2D eigenvalue weighted by Crippen LogP contribution is 1.94. The molecule has 0 fully saturated rings. The number of amidine groups is 1. The van der Waals surface area contributed by atoms with Gasteiger partial charge in [-0.2, -0.15) is 5.10 Å². The van der Waals surface area contributed by atoms with E-state index in [0.29, 0.717) is 12.1 Å². The maximum absolute atomic E-state index is 8.52. The largest absolute Gasteiger partial charge is 0.394 e. The van der Waals surface area contributed by atoms with Gasteiger partial charge in [0.1, 0.15) is 5.84 Å². The Morgan fingerprint density at radius 1 is 1.75 bits per heavy atom. The monoisotopic (exact) mass is 190 g/mol. The van der Waals surface area contributed by atoms with E-state index in [9.17, 15) is 0 Å². The molecule has 0 radical (unpaired) electrons. The topological polar surface area (TPSA) is 87.9 Å². The summed E-state index contributed by atoms with van der Waals surface area (Å²) in [5.74, 6) is -0.00538. The van der Waals surface area contributed by atoms with Gasteiger partial charge in [-0.05, 0) is 0 Å². The van der Waals surface area contributed by atoms with Crippen LogP contribution in [-0.2, 0) is 6.54 Å². The van der Waals surface area contributed by atoms with Gasteiger partial charge in [-0.15, -0.1) is 12.4 Å². The molecule has 0 bridgehead atoms. The third-order valence-electron chi connectivity index (χ3n) is 1.27. The molecule has 1 aromatic rings. The average molecular weight is 191 g/mol. The van der Waals surface area contributed by atoms with Crippen molar-refractivity contribution in [2.75, 3.05) is 6.61 Å². The predicted octanol–water partition coefficient (Wildman–Crippen LogP) is -0.419. The van der Waals surface area contributed by atoms with Gasteiger partial charge in [0.05, 0.1) is 24.9 Å². The van der Waals surface area contributed by atoms with Crippen molar-refractivity contribution in [2.45, 2.75) is 6.54 Å². The standard InChI is InChI=1S/C6H10N4O.ClH/c7-6(8)5-3-9-10(4-5)1-2-11;/h3-4,11H,1-2H2,(H3,7,8);1H. The number of aromatic nitrogens is 2. The maximum Gasteiger partial charge on any atom is 0.125 e. The molecule has 0 aliphatic carbocycles. The number of hydrogen-bond acceptors (Lipinski definition) is 3. The van der Waals surface area contributed by atoms with Crippen LogP contribution in [0.25, 0.3) is 0 Å². The summed E-state index contributed by atoms with van der Waals surface area (Å²) in [4.78, 5) is 0. The minimum atomic E-state index is -0.00538. The molecule has 0 aliphatic heterocycles. The van der Waals surface area contributed by atoms with Gasteiger partial charge in [-0.3, -0.25) is 10.1 Å². The molecule has 1 heterocycles.